The van der Waals surface area contributed by atoms with Gasteiger partial charge in [0, 0.05) is 35.8 Å². The van der Waals surface area contributed by atoms with Crippen molar-refractivity contribution < 1.29 is 9.32 Å². The standard InChI is InChI=1S/C17H18N4O2/c1-11(17-19-12(2)20-23-17)18-16(22)9-8-13-10-21(3)15-7-5-4-6-14(13)15/h4-11H,1-3H3,(H,18,22)/b9-8-/t11-/m0/s1. The van der Waals surface area contributed by atoms with E-state index in [0.717, 1.165) is 16.5 Å². The molecule has 1 N–H and O–H groups in total. The van der Waals surface area contributed by atoms with Crippen LogP contribution in [0.25, 0.3) is 17.0 Å². The van der Waals surface area contributed by atoms with Crippen LogP contribution in [0.4, 0.5) is 0 Å². The largest absolute Gasteiger partial charge is 0.350 e. The maximum absolute atomic E-state index is 12.1. The van der Waals surface area contributed by atoms with E-state index in [1.807, 2.05) is 48.2 Å². The Morgan fingerprint density at radius 3 is 2.91 bits per heavy atom. The van der Waals surface area contributed by atoms with Crippen LogP contribution in [0.15, 0.2) is 41.1 Å². The van der Waals surface area contributed by atoms with Crippen molar-refractivity contribution in [3.63, 3.8) is 0 Å². The molecule has 0 aliphatic heterocycles. The average Bonchev–Trinajstić information content (AvgIpc) is 3.10. The van der Waals surface area contributed by atoms with Gasteiger partial charge in [0.15, 0.2) is 5.82 Å². The van der Waals surface area contributed by atoms with Crippen molar-refractivity contribution in [2.45, 2.75) is 19.9 Å². The van der Waals surface area contributed by atoms with Gasteiger partial charge in [0.05, 0.1) is 0 Å². The molecule has 1 atom stereocenters. The van der Waals surface area contributed by atoms with Gasteiger partial charge in [-0.05, 0) is 26.0 Å². The Morgan fingerprint density at radius 2 is 2.17 bits per heavy atom. The van der Waals surface area contributed by atoms with Gasteiger partial charge in [0.25, 0.3) is 0 Å². The molecule has 6 heteroatoms. The van der Waals surface area contributed by atoms with Crippen LogP contribution in [0.3, 0.4) is 0 Å². The van der Waals surface area contributed by atoms with Crippen LogP contribution in [0.5, 0.6) is 0 Å². The van der Waals surface area contributed by atoms with Gasteiger partial charge >= 0.3 is 0 Å². The first-order valence-corrected chi connectivity index (χ1v) is 7.37. The van der Waals surface area contributed by atoms with E-state index in [1.165, 1.54) is 6.08 Å². The topological polar surface area (TPSA) is 73.0 Å². The molecule has 0 unspecified atom stereocenters. The zero-order valence-electron chi connectivity index (χ0n) is 13.3. The third-order valence-corrected chi connectivity index (χ3v) is 3.61. The van der Waals surface area contributed by atoms with E-state index in [4.69, 9.17) is 4.52 Å². The zero-order chi connectivity index (χ0) is 16.4. The number of nitrogens with zero attached hydrogens (tertiary/aromatic N) is 3. The van der Waals surface area contributed by atoms with Gasteiger partial charge in [-0.25, -0.2) is 0 Å². The molecule has 0 fully saturated rings. The van der Waals surface area contributed by atoms with E-state index in [9.17, 15) is 4.79 Å². The zero-order valence-corrected chi connectivity index (χ0v) is 13.3. The Hall–Kier alpha value is -2.89. The monoisotopic (exact) mass is 310 g/mol. The second-order valence-corrected chi connectivity index (χ2v) is 5.46. The van der Waals surface area contributed by atoms with Crippen LogP contribution in [0.1, 0.15) is 30.2 Å². The van der Waals surface area contributed by atoms with Crippen molar-refractivity contribution >= 4 is 22.9 Å². The Morgan fingerprint density at radius 1 is 1.39 bits per heavy atom. The van der Waals surface area contributed by atoms with Crippen molar-refractivity contribution in [1.82, 2.24) is 20.0 Å². The number of rotatable bonds is 4. The summed E-state index contributed by atoms with van der Waals surface area (Å²) in [4.78, 5) is 16.2. The molecule has 3 aromatic rings. The molecule has 1 amide bonds. The van der Waals surface area contributed by atoms with Gasteiger partial charge in [0.2, 0.25) is 11.8 Å². The molecule has 0 aliphatic rings. The third kappa shape index (κ3) is 3.15. The predicted molar refractivity (Wildman–Crippen MR) is 87.5 cm³/mol. The summed E-state index contributed by atoms with van der Waals surface area (Å²) in [6.07, 6.45) is 5.32. The summed E-state index contributed by atoms with van der Waals surface area (Å²) in [5.74, 6) is 0.739. The number of nitrogens with one attached hydrogen (secondary N) is 1. The number of carbonyl (C=O) groups is 1. The molecular formula is C17H18N4O2. The number of amides is 1. The molecule has 0 radical (unpaired) electrons. The fraction of sp³-hybridized carbons (Fsp3) is 0.235. The summed E-state index contributed by atoms with van der Waals surface area (Å²) in [5, 5.41) is 7.63. The normalized spacial score (nSPS) is 12.8. The molecule has 1 aromatic carbocycles. The van der Waals surface area contributed by atoms with Gasteiger partial charge in [-0.1, -0.05) is 23.4 Å². The minimum absolute atomic E-state index is 0.207. The van der Waals surface area contributed by atoms with E-state index in [0.29, 0.717) is 11.7 Å². The molecule has 2 heterocycles. The molecule has 3 rings (SSSR count). The van der Waals surface area contributed by atoms with Crippen molar-refractivity contribution in [2.75, 3.05) is 0 Å². The lowest BCUT2D eigenvalue weighted by atomic mass is 10.1. The highest BCUT2D eigenvalue weighted by molar-refractivity contribution is 5.96. The number of para-hydroxylation sites is 1. The number of hydrogen-bond acceptors (Lipinski definition) is 4. The molecule has 0 saturated carbocycles. The molecular weight excluding hydrogens is 292 g/mol. The average molecular weight is 310 g/mol. The van der Waals surface area contributed by atoms with Gasteiger partial charge in [0.1, 0.15) is 6.04 Å². The molecule has 0 bridgehead atoms. The SMILES string of the molecule is Cc1noc([C@H](C)NC(=O)/C=C\c2cn(C)c3ccccc23)n1. The van der Waals surface area contributed by atoms with Gasteiger partial charge in [-0.15, -0.1) is 0 Å². The first-order valence-electron chi connectivity index (χ1n) is 7.37. The number of fused-ring (bicyclic) bond motifs is 1. The first kappa shape index (κ1) is 15.0. The van der Waals surface area contributed by atoms with Crippen LogP contribution in [-0.4, -0.2) is 20.6 Å². The van der Waals surface area contributed by atoms with E-state index >= 15 is 0 Å². The third-order valence-electron chi connectivity index (χ3n) is 3.61. The van der Waals surface area contributed by atoms with Crippen LogP contribution in [0, 0.1) is 6.92 Å². The Bertz CT molecular complexity index is 876. The minimum atomic E-state index is -0.333. The van der Waals surface area contributed by atoms with E-state index < -0.39 is 0 Å². The van der Waals surface area contributed by atoms with Crippen molar-refractivity contribution in [1.29, 1.82) is 0 Å². The summed E-state index contributed by atoms with van der Waals surface area (Å²) >= 11 is 0. The highest BCUT2D eigenvalue weighted by Crippen LogP contribution is 2.21. The number of carbonyl (C=O) groups excluding carboxylic acids is 1. The van der Waals surface area contributed by atoms with Crippen molar-refractivity contribution in [3.05, 3.63) is 53.8 Å². The second kappa shape index (κ2) is 6.08. The lowest BCUT2D eigenvalue weighted by molar-refractivity contribution is -0.117. The van der Waals surface area contributed by atoms with Gasteiger partial charge in [-0.3, -0.25) is 4.79 Å². The molecule has 0 aliphatic carbocycles. The second-order valence-electron chi connectivity index (χ2n) is 5.46. The summed E-state index contributed by atoms with van der Waals surface area (Å²) in [5.41, 5.74) is 2.13. The lowest BCUT2D eigenvalue weighted by Gasteiger charge is -2.06. The Kier molecular flexibility index (Phi) is 3.97. The maximum Gasteiger partial charge on any atom is 0.248 e. The molecule has 0 spiro atoms. The smallest absolute Gasteiger partial charge is 0.248 e. The first-order chi connectivity index (χ1) is 11.0. The molecule has 6 nitrogen and oxygen atoms in total. The number of benzene rings is 1. The maximum atomic E-state index is 12.1. The molecule has 0 saturated heterocycles. The quantitative estimate of drug-likeness (QED) is 0.752. The van der Waals surface area contributed by atoms with Crippen LogP contribution < -0.4 is 5.32 Å². The minimum Gasteiger partial charge on any atom is -0.350 e. The fourth-order valence-corrected chi connectivity index (χ4v) is 2.48. The predicted octanol–water partition coefficient (Wildman–Crippen LogP) is 2.76. The van der Waals surface area contributed by atoms with Crippen LogP contribution >= 0.6 is 0 Å². The number of aromatic nitrogens is 3. The summed E-state index contributed by atoms with van der Waals surface area (Å²) in [6.45, 7) is 3.54. The highest BCUT2D eigenvalue weighted by atomic mass is 16.5. The van der Waals surface area contributed by atoms with Crippen molar-refractivity contribution in [2.24, 2.45) is 7.05 Å². The van der Waals surface area contributed by atoms with Gasteiger partial charge in [-0.2, -0.15) is 4.98 Å². The van der Waals surface area contributed by atoms with Crippen molar-refractivity contribution in [3.8, 4) is 0 Å². The molecule has 23 heavy (non-hydrogen) atoms. The van der Waals surface area contributed by atoms with E-state index in [-0.39, 0.29) is 11.9 Å². The Labute approximate surface area is 133 Å². The van der Waals surface area contributed by atoms with E-state index in [2.05, 4.69) is 15.5 Å². The molecule has 118 valence electrons. The van der Waals surface area contributed by atoms with Crippen LogP contribution in [-0.2, 0) is 11.8 Å². The summed E-state index contributed by atoms with van der Waals surface area (Å²) in [6, 6.07) is 7.74. The Balaban J connectivity index is 1.73. The fourth-order valence-electron chi connectivity index (χ4n) is 2.48. The van der Waals surface area contributed by atoms with E-state index in [1.54, 1.807) is 13.8 Å². The highest BCUT2D eigenvalue weighted by Gasteiger charge is 2.14. The number of hydrogen-bond donors (Lipinski definition) is 1. The lowest BCUT2D eigenvalue weighted by Crippen LogP contribution is -2.24. The van der Waals surface area contributed by atoms with Crippen LogP contribution in [0.2, 0.25) is 0 Å². The van der Waals surface area contributed by atoms with Gasteiger partial charge < -0.3 is 14.4 Å². The summed E-state index contributed by atoms with van der Waals surface area (Å²) in [7, 11) is 1.99. The molecule has 2 aromatic heterocycles. The summed E-state index contributed by atoms with van der Waals surface area (Å²) < 4.78 is 7.09. The number of aryl methyl sites for hydroxylation is 2.